The largest absolute Gasteiger partial charge is 0.457 e. The molecule has 0 aliphatic heterocycles. The SMILES string of the molecule is Fc1ccc(Oc2ccc(-c3noc(-c4sc5ncccc5c4Cl)n3)cc2)cc1F. The van der Waals surface area contributed by atoms with Crippen LogP contribution in [0.2, 0.25) is 5.02 Å². The molecule has 0 fully saturated rings. The molecule has 0 unspecified atom stereocenters. The lowest BCUT2D eigenvalue weighted by molar-refractivity contribution is 0.433. The van der Waals surface area contributed by atoms with Crippen LogP contribution in [0.25, 0.3) is 32.4 Å². The van der Waals surface area contributed by atoms with E-state index in [0.717, 1.165) is 22.3 Å². The summed E-state index contributed by atoms with van der Waals surface area (Å²) in [4.78, 5) is 10.2. The van der Waals surface area contributed by atoms with Crippen LogP contribution in [0, 0.1) is 11.6 Å². The highest BCUT2D eigenvalue weighted by Crippen LogP contribution is 2.40. The predicted octanol–water partition coefficient (Wildman–Crippen LogP) is 6.74. The first kappa shape index (κ1) is 18.7. The molecule has 0 amide bonds. The van der Waals surface area contributed by atoms with E-state index >= 15 is 0 Å². The number of halogens is 3. The van der Waals surface area contributed by atoms with Gasteiger partial charge in [0, 0.05) is 23.2 Å². The van der Waals surface area contributed by atoms with Gasteiger partial charge in [0.2, 0.25) is 5.82 Å². The Bertz CT molecular complexity index is 1370. The molecule has 0 radical (unpaired) electrons. The monoisotopic (exact) mass is 441 g/mol. The highest BCUT2D eigenvalue weighted by Gasteiger charge is 2.19. The number of pyridine rings is 1. The van der Waals surface area contributed by atoms with Crippen LogP contribution in [-0.2, 0) is 0 Å². The first-order valence-corrected chi connectivity index (χ1v) is 9.88. The van der Waals surface area contributed by atoms with Crippen molar-refractivity contribution in [2.24, 2.45) is 0 Å². The van der Waals surface area contributed by atoms with Crippen molar-refractivity contribution in [3.05, 3.63) is 77.5 Å². The first-order chi connectivity index (χ1) is 14.6. The van der Waals surface area contributed by atoms with E-state index in [1.165, 1.54) is 17.4 Å². The van der Waals surface area contributed by atoms with Gasteiger partial charge in [-0.1, -0.05) is 16.8 Å². The van der Waals surface area contributed by atoms with Crippen molar-refractivity contribution < 1.29 is 18.0 Å². The zero-order valence-electron chi connectivity index (χ0n) is 15.0. The minimum atomic E-state index is -0.974. The van der Waals surface area contributed by atoms with Gasteiger partial charge in [0.15, 0.2) is 11.6 Å². The highest BCUT2D eigenvalue weighted by atomic mass is 35.5. The lowest BCUT2D eigenvalue weighted by Crippen LogP contribution is -1.88. The van der Waals surface area contributed by atoms with E-state index in [4.69, 9.17) is 20.9 Å². The topological polar surface area (TPSA) is 61.0 Å². The number of nitrogens with zero attached hydrogens (tertiary/aromatic N) is 3. The third kappa shape index (κ3) is 3.40. The number of aromatic nitrogens is 3. The number of rotatable bonds is 4. The number of ether oxygens (including phenoxy) is 1. The summed E-state index contributed by atoms with van der Waals surface area (Å²) in [6.45, 7) is 0. The van der Waals surface area contributed by atoms with Crippen molar-refractivity contribution in [3.63, 3.8) is 0 Å². The Labute approximate surface area is 177 Å². The van der Waals surface area contributed by atoms with Crippen LogP contribution < -0.4 is 4.74 Å². The average molecular weight is 442 g/mol. The maximum Gasteiger partial charge on any atom is 0.269 e. The van der Waals surface area contributed by atoms with Crippen molar-refractivity contribution in [2.45, 2.75) is 0 Å². The summed E-state index contributed by atoms with van der Waals surface area (Å²) in [5, 5.41) is 5.37. The van der Waals surface area contributed by atoms with E-state index in [2.05, 4.69) is 15.1 Å². The molecule has 9 heteroatoms. The van der Waals surface area contributed by atoms with Gasteiger partial charge < -0.3 is 9.26 Å². The molecule has 0 bridgehead atoms. The molecule has 0 aliphatic carbocycles. The van der Waals surface area contributed by atoms with Crippen LogP contribution >= 0.6 is 22.9 Å². The van der Waals surface area contributed by atoms with Crippen molar-refractivity contribution >= 4 is 33.2 Å². The standard InChI is InChI=1S/C21H10ClF2N3O2S/c22-17-14-2-1-9-25-21(14)30-18(17)20-26-19(27-29-20)11-3-5-12(6-4-11)28-13-7-8-15(23)16(24)10-13/h1-10H. The Morgan fingerprint density at radius 2 is 1.77 bits per heavy atom. The quantitative estimate of drug-likeness (QED) is 0.309. The van der Waals surface area contributed by atoms with Crippen LogP contribution in [0.1, 0.15) is 0 Å². The van der Waals surface area contributed by atoms with Gasteiger partial charge in [0.1, 0.15) is 21.2 Å². The zero-order valence-corrected chi connectivity index (χ0v) is 16.5. The fourth-order valence-corrected chi connectivity index (χ4v) is 4.18. The number of hydrogen-bond donors (Lipinski definition) is 0. The van der Waals surface area contributed by atoms with Gasteiger partial charge in [-0.25, -0.2) is 13.8 Å². The fraction of sp³-hybridized carbons (Fsp3) is 0. The molecule has 3 aromatic heterocycles. The molecule has 0 aliphatic rings. The summed E-state index contributed by atoms with van der Waals surface area (Å²) >= 11 is 7.82. The van der Waals surface area contributed by atoms with Gasteiger partial charge in [-0.15, -0.1) is 11.3 Å². The minimum absolute atomic E-state index is 0.191. The summed E-state index contributed by atoms with van der Waals surface area (Å²) < 4.78 is 37.3. The van der Waals surface area contributed by atoms with E-state index in [9.17, 15) is 8.78 Å². The third-order valence-electron chi connectivity index (χ3n) is 4.27. The second-order valence-corrected chi connectivity index (χ2v) is 7.60. The predicted molar refractivity (Wildman–Crippen MR) is 110 cm³/mol. The average Bonchev–Trinajstić information content (AvgIpc) is 3.37. The Hall–Kier alpha value is -3.36. The Morgan fingerprint density at radius 1 is 0.967 bits per heavy atom. The summed E-state index contributed by atoms with van der Waals surface area (Å²) in [6, 6.07) is 13.8. The first-order valence-electron chi connectivity index (χ1n) is 8.69. The molecule has 30 heavy (non-hydrogen) atoms. The van der Waals surface area contributed by atoms with E-state index in [-0.39, 0.29) is 5.75 Å². The number of hydrogen-bond acceptors (Lipinski definition) is 6. The van der Waals surface area contributed by atoms with E-state index in [1.54, 1.807) is 30.5 Å². The minimum Gasteiger partial charge on any atom is -0.457 e. The van der Waals surface area contributed by atoms with Gasteiger partial charge in [0.25, 0.3) is 5.89 Å². The molecule has 148 valence electrons. The molecular weight excluding hydrogens is 432 g/mol. The fourth-order valence-electron chi connectivity index (χ4n) is 2.82. The Morgan fingerprint density at radius 3 is 2.53 bits per heavy atom. The van der Waals surface area contributed by atoms with E-state index in [1.807, 2.05) is 12.1 Å². The summed E-state index contributed by atoms with van der Waals surface area (Å²) in [5.41, 5.74) is 0.693. The van der Waals surface area contributed by atoms with Gasteiger partial charge in [-0.2, -0.15) is 4.98 Å². The van der Waals surface area contributed by atoms with Gasteiger partial charge in [-0.3, -0.25) is 0 Å². The second kappa shape index (κ2) is 7.47. The highest BCUT2D eigenvalue weighted by molar-refractivity contribution is 7.22. The van der Waals surface area contributed by atoms with Gasteiger partial charge in [-0.05, 0) is 48.5 Å². The van der Waals surface area contributed by atoms with Crippen molar-refractivity contribution in [2.75, 3.05) is 0 Å². The maximum absolute atomic E-state index is 13.3. The van der Waals surface area contributed by atoms with Gasteiger partial charge in [0.05, 0.1) is 5.02 Å². The van der Waals surface area contributed by atoms with Crippen LogP contribution in [0.15, 0.2) is 65.3 Å². The molecule has 2 aromatic carbocycles. The normalized spacial score (nSPS) is 11.2. The molecule has 5 nitrogen and oxygen atoms in total. The van der Waals surface area contributed by atoms with Crippen molar-refractivity contribution in [1.29, 1.82) is 0 Å². The molecule has 0 spiro atoms. The third-order valence-corrected chi connectivity index (χ3v) is 5.87. The van der Waals surface area contributed by atoms with Crippen LogP contribution in [0.3, 0.4) is 0 Å². The van der Waals surface area contributed by atoms with Gasteiger partial charge >= 0.3 is 0 Å². The summed E-state index contributed by atoms with van der Waals surface area (Å²) in [5.74, 6) is -0.576. The van der Waals surface area contributed by atoms with E-state index < -0.39 is 11.6 Å². The smallest absolute Gasteiger partial charge is 0.269 e. The molecule has 0 saturated heterocycles. The number of fused-ring (bicyclic) bond motifs is 1. The summed E-state index contributed by atoms with van der Waals surface area (Å²) in [7, 11) is 0. The Balaban J connectivity index is 1.39. The van der Waals surface area contributed by atoms with Crippen LogP contribution in [-0.4, -0.2) is 15.1 Å². The maximum atomic E-state index is 13.3. The van der Waals surface area contributed by atoms with E-state index in [0.29, 0.717) is 32.9 Å². The molecule has 5 rings (SSSR count). The molecule has 0 N–H and O–H groups in total. The molecule has 3 heterocycles. The lowest BCUT2D eigenvalue weighted by atomic mass is 10.2. The molecule has 5 aromatic rings. The van der Waals surface area contributed by atoms with Crippen molar-refractivity contribution in [3.8, 4) is 33.7 Å². The zero-order chi connectivity index (χ0) is 20.7. The summed E-state index contributed by atoms with van der Waals surface area (Å²) in [6.07, 6.45) is 1.70. The molecule has 0 atom stereocenters. The molecule has 0 saturated carbocycles. The van der Waals surface area contributed by atoms with Crippen molar-refractivity contribution in [1.82, 2.24) is 15.1 Å². The number of benzene rings is 2. The van der Waals surface area contributed by atoms with Crippen LogP contribution in [0.5, 0.6) is 11.5 Å². The van der Waals surface area contributed by atoms with Crippen LogP contribution in [0.4, 0.5) is 8.78 Å². The second-order valence-electron chi connectivity index (χ2n) is 6.23. The Kier molecular flexibility index (Phi) is 4.65. The number of thiophene rings is 1. The molecular formula is C21H10ClF2N3O2S. The lowest BCUT2D eigenvalue weighted by Gasteiger charge is -2.06.